The van der Waals surface area contributed by atoms with Crippen LogP contribution in [0.4, 0.5) is 20.9 Å². The highest BCUT2D eigenvalue weighted by atomic mass is 32.2. The van der Waals surface area contributed by atoms with Gasteiger partial charge >= 0.3 is 0 Å². The van der Waals surface area contributed by atoms with Crippen LogP contribution in [0, 0.1) is 12.7 Å². The van der Waals surface area contributed by atoms with E-state index in [9.17, 15) is 17.6 Å². The molecule has 0 amide bonds. The van der Waals surface area contributed by atoms with Crippen LogP contribution in [0.15, 0.2) is 83.9 Å². The van der Waals surface area contributed by atoms with Crippen molar-refractivity contribution in [1.29, 1.82) is 0 Å². The standard InChI is InChI=1S/C23H18FN3O3S2/c1-15-19(11-6-12-20(15)24)22(28)21-14-25-23(31-21)26-16-7-5-8-17(13-16)27-32(29,30)18-9-3-2-4-10-18/h2-14,27H,1H3,(H,25,26). The molecule has 2 N–H and O–H groups in total. The van der Waals surface area contributed by atoms with Crippen molar-refractivity contribution in [3.63, 3.8) is 0 Å². The molecule has 0 saturated heterocycles. The summed E-state index contributed by atoms with van der Waals surface area (Å²) in [6.45, 7) is 1.56. The van der Waals surface area contributed by atoms with E-state index in [1.165, 1.54) is 30.5 Å². The Labute approximate surface area is 188 Å². The number of carbonyl (C=O) groups is 1. The van der Waals surface area contributed by atoms with E-state index in [2.05, 4.69) is 15.0 Å². The average molecular weight is 468 g/mol. The predicted octanol–water partition coefficient (Wildman–Crippen LogP) is 5.37. The maximum Gasteiger partial charge on any atom is 0.261 e. The van der Waals surface area contributed by atoms with Gasteiger partial charge in [-0.25, -0.2) is 17.8 Å². The lowest BCUT2D eigenvalue weighted by atomic mass is 10.0. The number of benzene rings is 3. The Bertz CT molecular complexity index is 1390. The largest absolute Gasteiger partial charge is 0.331 e. The zero-order valence-electron chi connectivity index (χ0n) is 16.9. The van der Waals surface area contributed by atoms with Gasteiger partial charge in [-0.3, -0.25) is 9.52 Å². The van der Waals surface area contributed by atoms with E-state index >= 15 is 0 Å². The summed E-state index contributed by atoms with van der Waals surface area (Å²) < 4.78 is 41.4. The van der Waals surface area contributed by atoms with Crippen LogP contribution in [0.2, 0.25) is 0 Å². The lowest BCUT2D eigenvalue weighted by Crippen LogP contribution is -2.12. The van der Waals surface area contributed by atoms with Crippen molar-refractivity contribution in [3.8, 4) is 0 Å². The fourth-order valence-electron chi connectivity index (χ4n) is 3.02. The Kier molecular flexibility index (Phi) is 6.02. The van der Waals surface area contributed by atoms with Gasteiger partial charge in [0.05, 0.1) is 21.7 Å². The smallest absolute Gasteiger partial charge is 0.261 e. The third-order valence-electron chi connectivity index (χ3n) is 4.66. The van der Waals surface area contributed by atoms with Gasteiger partial charge in [-0.05, 0) is 48.9 Å². The van der Waals surface area contributed by atoms with Crippen LogP contribution in [0.25, 0.3) is 0 Å². The molecule has 0 saturated carbocycles. The summed E-state index contributed by atoms with van der Waals surface area (Å²) in [5.74, 6) is -0.745. The summed E-state index contributed by atoms with van der Waals surface area (Å²) in [6.07, 6.45) is 1.43. The molecule has 9 heteroatoms. The maximum absolute atomic E-state index is 13.8. The lowest BCUT2D eigenvalue weighted by Gasteiger charge is -2.10. The van der Waals surface area contributed by atoms with Gasteiger partial charge in [0.15, 0.2) is 5.13 Å². The van der Waals surface area contributed by atoms with Gasteiger partial charge < -0.3 is 5.32 Å². The molecule has 0 bridgehead atoms. The number of thiazole rings is 1. The normalized spacial score (nSPS) is 11.2. The first kappa shape index (κ1) is 21.7. The van der Waals surface area contributed by atoms with Crippen molar-refractivity contribution in [3.05, 3.63) is 101 Å². The highest BCUT2D eigenvalue weighted by Gasteiger charge is 2.17. The van der Waals surface area contributed by atoms with Crippen molar-refractivity contribution in [1.82, 2.24) is 4.98 Å². The summed E-state index contributed by atoms with van der Waals surface area (Å²) in [5, 5.41) is 3.52. The Hall–Kier alpha value is -3.56. The Balaban J connectivity index is 1.51. The minimum atomic E-state index is -3.71. The van der Waals surface area contributed by atoms with Gasteiger partial charge in [-0.1, -0.05) is 47.7 Å². The molecule has 1 heterocycles. The molecule has 1 aromatic heterocycles. The molecule has 0 unspecified atom stereocenters. The molecule has 6 nitrogen and oxygen atoms in total. The monoisotopic (exact) mass is 467 g/mol. The third-order valence-corrected chi connectivity index (χ3v) is 6.97. The molecule has 0 aliphatic heterocycles. The predicted molar refractivity (Wildman–Crippen MR) is 124 cm³/mol. The highest BCUT2D eigenvalue weighted by molar-refractivity contribution is 7.92. The van der Waals surface area contributed by atoms with Gasteiger partial charge in [-0.2, -0.15) is 0 Å². The SMILES string of the molecule is Cc1c(F)cccc1C(=O)c1cnc(Nc2cccc(NS(=O)(=O)c3ccccc3)c2)s1. The van der Waals surface area contributed by atoms with E-state index in [0.717, 1.165) is 11.3 Å². The maximum atomic E-state index is 13.8. The van der Waals surface area contributed by atoms with Crippen LogP contribution >= 0.6 is 11.3 Å². The van der Waals surface area contributed by atoms with E-state index in [-0.39, 0.29) is 16.2 Å². The molecule has 0 spiro atoms. The Morgan fingerprint density at radius 1 is 0.969 bits per heavy atom. The number of nitrogens with zero attached hydrogens (tertiary/aromatic N) is 1. The molecular weight excluding hydrogens is 449 g/mol. The van der Waals surface area contributed by atoms with Gasteiger partial charge in [0, 0.05) is 11.3 Å². The Morgan fingerprint density at radius 3 is 2.47 bits per heavy atom. The van der Waals surface area contributed by atoms with Gasteiger partial charge in [0.25, 0.3) is 10.0 Å². The Morgan fingerprint density at radius 2 is 1.69 bits per heavy atom. The van der Waals surface area contributed by atoms with Crippen LogP contribution in [0.5, 0.6) is 0 Å². The molecule has 4 aromatic rings. The average Bonchev–Trinajstić information content (AvgIpc) is 3.24. The number of anilines is 3. The van der Waals surface area contributed by atoms with Crippen molar-refractivity contribution in [2.75, 3.05) is 10.0 Å². The minimum Gasteiger partial charge on any atom is -0.331 e. The fourth-order valence-corrected chi connectivity index (χ4v) is 4.88. The van der Waals surface area contributed by atoms with E-state index in [0.29, 0.717) is 26.9 Å². The number of sulfonamides is 1. The molecule has 3 aromatic carbocycles. The lowest BCUT2D eigenvalue weighted by molar-refractivity contribution is 0.104. The summed E-state index contributed by atoms with van der Waals surface area (Å²) in [4.78, 5) is 17.5. The van der Waals surface area contributed by atoms with Gasteiger partial charge in [0.1, 0.15) is 5.82 Å². The molecule has 0 atom stereocenters. The van der Waals surface area contributed by atoms with Crippen molar-refractivity contribution >= 4 is 43.6 Å². The number of ketones is 1. The number of hydrogen-bond donors (Lipinski definition) is 2. The number of halogens is 1. The second kappa shape index (κ2) is 8.89. The third kappa shape index (κ3) is 4.68. The van der Waals surface area contributed by atoms with Crippen LogP contribution in [0.1, 0.15) is 20.8 Å². The molecule has 0 aliphatic carbocycles. The highest BCUT2D eigenvalue weighted by Crippen LogP contribution is 2.27. The van der Waals surface area contributed by atoms with Crippen molar-refractivity contribution < 1.29 is 17.6 Å². The van der Waals surface area contributed by atoms with E-state index in [1.807, 2.05) is 0 Å². The van der Waals surface area contributed by atoms with Crippen LogP contribution in [-0.2, 0) is 10.0 Å². The fraction of sp³-hybridized carbons (Fsp3) is 0.0435. The first-order chi connectivity index (χ1) is 15.3. The van der Waals surface area contributed by atoms with E-state index in [4.69, 9.17) is 0 Å². The van der Waals surface area contributed by atoms with Gasteiger partial charge in [0.2, 0.25) is 5.78 Å². The number of carbonyl (C=O) groups excluding carboxylic acids is 1. The minimum absolute atomic E-state index is 0.161. The summed E-state index contributed by atoms with van der Waals surface area (Å²) in [5.41, 5.74) is 1.55. The van der Waals surface area contributed by atoms with E-state index in [1.54, 1.807) is 55.5 Å². The number of hydrogen-bond acceptors (Lipinski definition) is 6. The van der Waals surface area contributed by atoms with Crippen LogP contribution < -0.4 is 10.0 Å². The molecule has 162 valence electrons. The zero-order chi connectivity index (χ0) is 22.7. The quantitative estimate of drug-likeness (QED) is 0.357. The topological polar surface area (TPSA) is 88.2 Å². The van der Waals surface area contributed by atoms with Crippen LogP contribution in [-0.4, -0.2) is 19.2 Å². The number of aromatic nitrogens is 1. The molecule has 32 heavy (non-hydrogen) atoms. The van der Waals surface area contributed by atoms with Crippen molar-refractivity contribution in [2.24, 2.45) is 0 Å². The molecular formula is C23H18FN3O3S2. The summed E-state index contributed by atoms with van der Waals surface area (Å²) in [7, 11) is -3.71. The first-order valence-corrected chi connectivity index (χ1v) is 11.8. The second-order valence-electron chi connectivity index (χ2n) is 6.90. The summed E-state index contributed by atoms with van der Waals surface area (Å²) in [6, 6.07) is 19.2. The van der Waals surface area contributed by atoms with E-state index < -0.39 is 15.8 Å². The summed E-state index contributed by atoms with van der Waals surface area (Å²) >= 11 is 1.13. The second-order valence-corrected chi connectivity index (χ2v) is 9.61. The number of nitrogens with one attached hydrogen (secondary N) is 2. The van der Waals surface area contributed by atoms with Crippen LogP contribution in [0.3, 0.4) is 0 Å². The molecule has 4 rings (SSSR count). The molecule has 0 aliphatic rings. The zero-order valence-corrected chi connectivity index (χ0v) is 18.5. The van der Waals surface area contributed by atoms with Crippen molar-refractivity contribution in [2.45, 2.75) is 11.8 Å². The molecule has 0 radical (unpaired) electrons. The van der Waals surface area contributed by atoms with Gasteiger partial charge in [-0.15, -0.1) is 0 Å². The number of rotatable bonds is 7. The molecule has 0 fully saturated rings. The first-order valence-electron chi connectivity index (χ1n) is 9.54.